The van der Waals surface area contributed by atoms with Crippen LogP contribution in [0.15, 0.2) is 0 Å². The maximum Gasteiger partial charge on any atom is 0.0558 e. The quantitative estimate of drug-likeness (QED) is 0.243. The molecule has 24 heteroatoms. The Morgan fingerprint density at radius 1 is 0.221 bits per heavy atom. The molecule has 0 aliphatic carbocycles. The summed E-state index contributed by atoms with van der Waals surface area (Å²) in [4.78, 5) is 0. The van der Waals surface area contributed by atoms with Crippen molar-refractivity contribution in [3.8, 4) is 23.9 Å². The molecule has 408 valence electrons. The highest BCUT2D eigenvalue weighted by molar-refractivity contribution is 7.75. The largest absolute Gasteiger partial charge is 0.881 e. The van der Waals surface area contributed by atoms with Gasteiger partial charge in [0.05, 0.1) is 49.3 Å². The van der Waals surface area contributed by atoms with Crippen LogP contribution in [0.25, 0.3) is 0 Å². The number of hydrogen-bond donors (Lipinski definition) is 0. The maximum absolute atomic E-state index is 8.98. The van der Waals surface area contributed by atoms with Crippen LogP contribution in [0, 0.1) is 44.9 Å². The van der Waals surface area contributed by atoms with Crippen molar-refractivity contribution in [2.24, 2.45) is 0 Å². The van der Waals surface area contributed by atoms with Gasteiger partial charge in [-0.25, -0.2) is 21.0 Å². The standard InChI is InChI=1S/8C5H14P.4CBNO2/c8*1-5-6(2,3)4;4*3-1-2(4)5/h8*5H2,1-4H3;;;;/q8*+1;4*-2. The SMILES string of the molecule is CC[P+](C)(C)C.CC[P+](C)(C)C.CC[P+](C)(C)C.CC[P+](C)(C)C.CC[P+](C)(C)C.CC[P+](C)(C)C.CC[P+](C)(C)C.CC[P+](C)(C)C.N#CB([O-])[O-].N#CB([O-])[O-].N#CB([O-])[O-].N#CB([O-])[O-]. The summed E-state index contributed by atoms with van der Waals surface area (Å²) in [6.45, 7) is 74.6. The van der Waals surface area contributed by atoms with Gasteiger partial charge in [0.25, 0.3) is 0 Å². The third-order valence-corrected chi connectivity index (χ3v) is 23.2. The lowest BCUT2D eigenvalue weighted by Crippen LogP contribution is -2.43. The van der Waals surface area contributed by atoms with Crippen LogP contribution in [0.5, 0.6) is 0 Å². The molecule has 0 saturated carbocycles. The van der Waals surface area contributed by atoms with E-state index in [1.54, 1.807) is 0 Å². The van der Waals surface area contributed by atoms with Crippen LogP contribution in [0.1, 0.15) is 55.4 Å². The van der Waals surface area contributed by atoms with Crippen molar-refractivity contribution in [3.63, 3.8) is 0 Å². The Hall–Kier alpha value is 1.34. The number of hydrogen-bond acceptors (Lipinski definition) is 12. The summed E-state index contributed by atoms with van der Waals surface area (Å²) in [5.41, 5.74) is 0. The Balaban J connectivity index is -0.0000000504. The molecule has 0 aromatic rings. The lowest BCUT2D eigenvalue weighted by molar-refractivity contribution is -0.342. The van der Waals surface area contributed by atoms with E-state index in [1.165, 1.54) is 49.3 Å². The molecule has 0 N–H and O–H groups in total. The molecule has 0 amide bonds. The molecule has 0 heterocycles. The normalized spacial score (nSPS) is 10.2. The summed E-state index contributed by atoms with van der Waals surface area (Å²) in [5.74, 6) is 3.67. The molecule has 12 nitrogen and oxygen atoms in total. The van der Waals surface area contributed by atoms with Crippen molar-refractivity contribution in [1.82, 2.24) is 0 Å². The fourth-order valence-electron chi connectivity index (χ4n) is 0. The van der Waals surface area contributed by atoms with E-state index in [0.717, 1.165) is 23.9 Å². The summed E-state index contributed by atoms with van der Waals surface area (Å²) < 4.78 is 0. The van der Waals surface area contributed by atoms with Crippen molar-refractivity contribution >= 4 is 86.6 Å². The second-order valence-electron chi connectivity index (χ2n) is 22.7. The van der Waals surface area contributed by atoms with Crippen LogP contribution in [0.3, 0.4) is 0 Å². The number of nitriles is 4. The molecular weight excluding hydrogens is 1000 g/mol. The van der Waals surface area contributed by atoms with Gasteiger partial charge in [0.1, 0.15) is 0 Å². The summed E-state index contributed by atoms with van der Waals surface area (Å²) in [7, 11) is -12.4. The molecule has 0 aliphatic rings. The fourth-order valence-corrected chi connectivity index (χ4v) is 0. The topological polar surface area (TPSA) is 280 Å². The van der Waals surface area contributed by atoms with Gasteiger partial charge in [0.15, 0.2) is 0 Å². The Kier molecular flexibility index (Phi) is 83.5. The van der Waals surface area contributed by atoms with Crippen LogP contribution in [0.2, 0.25) is 0 Å². The first kappa shape index (κ1) is 98.5. The van der Waals surface area contributed by atoms with Crippen LogP contribution in [-0.4, -0.2) is 238 Å². The average Bonchev–Trinajstić information content (AvgIpc) is 3.18. The number of nitrogens with zero attached hydrogens (tertiary/aromatic N) is 4. The molecule has 0 aromatic heterocycles. The molecule has 0 radical (unpaired) electrons. The molecule has 0 fully saturated rings. The van der Waals surface area contributed by atoms with Crippen LogP contribution < -0.4 is 40.2 Å². The molecule has 0 rings (SSSR count). The molecular formula is C44H112B4N4O8P8. The third kappa shape index (κ3) is 267. The minimum atomic E-state index is -2.31. The predicted octanol–water partition coefficient (Wildman–Crippen LogP) is 4.34. The molecule has 68 heavy (non-hydrogen) atoms. The van der Waals surface area contributed by atoms with Gasteiger partial charge in [-0.15, -0.1) is 0 Å². The molecule has 0 saturated heterocycles. The second-order valence-corrected chi connectivity index (χ2v) is 64.4. The van der Waals surface area contributed by atoms with Gasteiger partial charge in [0, 0.05) is 247 Å². The monoisotopic (exact) mass is 1120 g/mol. The Morgan fingerprint density at radius 2 is 0.250 bits per heavy atom. The molecule has 0 aromatic carbocycles. The maximum atomic E-state index is 8.98. The predicted molar refractivity (Wildman–Crippen MR) is 327 cm³/mol. The lowest BCUT2D eigenvalue weighted by atomic mass is 9.97. The van der Waals surface area contributed by atoms with Crippen molar-refractivity contribution in [3.05, 3.63) is 0 Å². The smallest absolute Gasteiger partial charge is 0.0558 e. The fraction of sp³-hybridized carbons (Fsp3) is 0.909. The second kappa shape index (κ2) is 57.6. The zero-order valence-electron chi connectivity index (χ0n) is 50.6. The van der Waals surface area contributed by atoms with E-state index >= 15 is 0 Å². The van der Waals surface area contributed by atoms with Crippen LogP contribution >= 0.6 is 58.1 Å². The molecule has 0 atom stereocenters. The first-order chi connectivity index (χ1) is 29.6. The van der Waals surface area contributed by atoms with Crippen LogP contribution in [-0.2, 0) is 0 Å². The summed E-state index contributed by atoms with van der Waals surface area (Å²) in [6.07, 6.45) is 11.1. The van der Waals surface area contributed by atoms with E-state index in [1.807, 2.05) is 0 Å². The molecule has 0 aliphatic heterocycles. The Morgan fingerprint density at radius 3 is 0.250 bits per heavy atom. The Labute approximate surface area is 434 Å². The van der Waals surface area contributed by atoms with E-state index in [9.17, 15) is 0 Å². The van der Waals surface area contributed by atoms with E-state index in [0.29, 0.717) is 0 Å². The average molecular weight is 1120 g/mol. The Bertz CT molecular complexity index is 948. The highest BCUT2D eigenvalue weighted by atomic mass is 31.2. The summed E-state index contributed by atoms with van der Waals surface area (Å²) in [5, 5.41) is 101. The van der Waals surface area contributed by atoms with Crippen molar-refractivity contribution in [2.45, 2.75) is 55.4 Å². The van der Waals surface area contributed by atoms with Gasteiger partial charge in [0.2, 0.25) is 0 Å². The zero-order chi connectivity index (χ0) is 58.8. The van der Waals surface area contributed by atoms with Crippen molar-refractivity contribution in [1.29, 1.82) is 21.0 Å². The van der Waals surface area contributed by atoms with E-state index in [4.69, 9.17) is 61.2 Å². The lowest BCUT2D eigenvalue weighted by Gasteiger charge is -2.12. The zero-order valence-corrected chi connectivity index (χ0v) is 57.8. The van der Waals surface area contributed by atoms with E-state index < -0.39 is 86.6 Å². The first-order valence-electron chi connectivity index (χ1n) is 22.9. The van der Waals surface area contributed by atoms with Gasteiger partial charge < -0.3 is 40.2 Å². The highest BCUT2D eigenvalue weighted by Gasteiger charge is 2.14. The molecule has 0 unspecified atom stereocenters. The van der Waals surface area contributed by atoms with E-state index in [-0.39, 0.29) is 0 Å². The molecule has 0 spiro atoms. The van der Waals surface area contributed by atoms with Gasteiger partial charge in [-0.1, -0.05) is 0 Å². The minimum absolute atomic E-state index is 0.397. The van der Waals surface area contributed by atoms with Gasteiger partial charge in [-0.3, -0.25) is 0 Å². The minimum Gasteiger partial charge on any atom is -0.881 e. The van der Waals surface area contributed by atoms with Crippen molar-refractivity contribution < 1.29 is 40.2 Å². The van der Waals surface area contributed by atoms with E-state index in [2.05, 4.69) is 215 Å². The van der Waals surface area contributed by atoms with Crippen LogP contribution in [0.4, 0.5) is 0 Å². The number of rotatable bonds is 8. The highest BCUT2D eigenvalue weighted by Crippen LogP contribution is 2.48. The van der Waals surface area contributed by atoms with Crippen molar-refractivity contribution in [2.75, 3.05) is 209 Å². The molecule has 0 bridgehead atoms. The summed E-state index contributed by atoms with van der Waals surface area (Å²) >= 11 is 0. The van der Waals surface area contributed by atoms with Gasteiger partial charge in [-0.05, 0) is 79.3 Å². The van der Waals surface area contributed by atoms with Gasteiger partial charge >= 0.3 is 0 Å². The summed E-state index contributed by atoms with van der Waals surface area (Å²) in [6, 6.07) is 0. The first-order valence-corrected chi connectivity index (χ1v) is 49.4. The third-order valence-electron chi connectivity index (χ3n) is 8.01. The van der Waals surface area contributed by atoms with Gasteiger partial charge in [-0.2, -0.15) is 0 Å².